The highest BCUT2D eigenvalue weighted by molar-refractivity contribution is 5.77. The molecule has 5 nitrogen and oxygen atoms in total. The van der Waals surface area contributed by atoms with Crippen LogP contribution in [0.1, 0.15) is 57.7 Å². The van der Waals surface area contributed by atoms with Crippen LogP contribution in [0.25, 0.3) is 11.3 Å². The van der Waals surface area contributed by atoms with Crippen LogP contribution in [0.5, 0.6) is 0 Å². The van der Waals surface area contributed by atoms with Crippen LogP contribution < -0.4 is 0 Å². The Kier molecular flexibility index (Phi) is 6.50. The molecule has 0 spiro atoms. The SMILES string of the molecule is CCN(C[C@@]1(C)CC[C@H](C(C)C)c2cc(-c3c(F)cccc3F)nnc21)C(=O)CO. The number of aliphatic hydroxyl groups excluding tert-OH is 1. The number of aliphatic hydroxyl groups is 1. The number of fused-ring (bicyclic) bond motifs is 1. The van der Waals surface area contributed by atoms with E-state index in [0.29, 0.717) is 19.0 Å². The first-order chi connectivity index (χ1) is 14.2. The molecule has 0 unspecified atom stereocenters. The number of halogens is 2. The number of amides is 1. The zero-order chi connectivity index (χ0) is 22.1. The molecule has 3 rings (SSSR count). The molecule has 0 bridgehead atoms. The molecular formula is C23H29F2N3O2. The van der Waals surface area contributed by atoms with Crippen molar-refractivity contribution < 1.29 is 18.7 Å². The number of nitrogens with zero attached hydrogens (tertiary/aromatic N) is 3. The van der Waals surface area contributed by atoms with E-state index >= 15 is 0 Å². The number of aromatic nitrogens is 2. The minimum absolute atomic E-state index is 0.173. The second-order valence-corrected chi connectivity index (χ2v) is 8.65. The predicted octanol–water partition coefficient (Wildman–Crippen LogP) is 4.05. The first-order valence-electron chi connectivity index (χ1n) is 10.4. The molecule has 1 amide bonds. The molecule has 0 fully saturated rings. The predicted molar refractivity (Wildman–Crippen MR) is 111 cm³/mol. The minimum Gasteiger partial charge on any atom is -0.387 e. The highest BCUT2D eigenvalue weighted by Gasteiger charge is 2.41. The van der Waals surface area contributed by atoms with Gasteiger partial charge in [0.15, 0.2) is 0 Å². The summed E-state index contributed by atoms with van der Waals surface area (Å²) in [5, 5.41) is 17.9. The van der Waals surface area contributed by atoms with Gasteiger partial charge >= 0.3 is 0 Å². The number of hydrogen-bond acceptors (Lipinski definition) is 4. The van der Waals surface area contributed by atoms with Crippen LogP contribution in [0.3, 0.4) is 0 Å². The summed E-state index contributed by atoms with van der Waals surface area (Å²) in [6, 6.07) is 5.51. The van der Waals surface area contributed by atoms with E-state index in [2.05, 4.69) is 24.0 Å². The molecule has 1 heterocycles. The summed E-state index contributed by atoms with van der Waals surface area (Å²) >= 11 is 0. The Morgan fingerprint density at radius 1 is 1.30 bits per heavy atom. The fourth-order valence-electron chi connectivity index (χ4n) is 4.51. The van der Waals surface area contributed by atoms with Crippen LogP contribution in [0.4, 0.5) is 8.78 Å². The van der Waals surface area contributed by atoms with Crippen molar-refractivity contribution in [3.05, 3.63) is 47.2 Å². The molecule has 1 N–H and O–H groups in total. The molecule has 1 aromatic carbocycles. The molecule has 2 aromatic rings. The van der Waals surface area contributed by atoms with Gasteiger partial charge in [0.25, 0.3) is 0 Å². The quantitative estimate of drug-likeness (QED) is 0.770. The van der Waals surface area contributed by atoms with Gasteiger partial charge in [0.05, 0.1) is 17.0 Å². The number of rotatable bonds is 6. The lowest BCUT2D eigenvalue weighted by atomic mass is 9.67. The van der Waals surface area contributed by atoms with Gasteiger partial charge < -0.3 is 10.0 Å². The maximum absolute atomic E-state index is 14.3. The molecule has 7 heteroatoms. The number of carbonyl (C=O) groups is 1. The van der Waals surface area contributed by atoms with E-state index < -0.39 is 23.7 Å². The summed E-state index contributed by atoms with van der Waals surface area (Å²) in [6.45, 7) is 8.49. The molecule has 30 heavy (non-hydrogen) atoms. The van der Waals surface area contributed by atoms with Crippen molar-refractivity contribution in [3.8, 4) is 11.3 Å². The zero-order valence-electron chi connectivity index (χ0n) is 18.0. The molecule has 162 valence electrons. The fourth-order valence-corrected chi connectivity index (χ4v) is 4.51. The van der Waals surface area contributed by atoms with Crippen LogP contribution in [-0.2, 0) is 10.2 Å². The number of hydrogen-bond donors (Lipinski definition) is 1. The summed E-state index contributed by atoms with van der Waals surface area (Å²) in [6.07, 6.45) is 1.68. The van der Waals surface area contributed by atoms with E-state index in [9.17, 15) is 18.7 Å². The van der Waals surface area contributed by atoms with Crippen LogP contribution in [0.15, 0.2) is 24.3 Å². The molecule has 1 aliphatic rings. The Morgan fingerprint density at radius 2 is 1.97 bits per heavy atom. The molecule has 0 saturated heterocycles. The molecule has 1 aromatic heterocycles. The largest absolute Gasteiger partial charge is 0.387 e. The summed E-state index contributed by atoms with van der Waals surface area (Å²) in [5.41, 5.74) is 1.24. The van der Waals surface area contributed by atoms with Gasteiger partial charge in [0.2, 0.25) is 5.91 Å². The van der Waals surface area contributed by atoms with Crippen LogP contribution in [-0.4, -0.2) is 45.8 Å². The van der Waals surface area contributed by atoms with Gasteiger partial charge in [-0.3, -0.25) is 4.79 Å². The Balaban J connectivity index is 2.10. The lowest BCUT2D eigenvalue weighted by Crippen LogP contribution is -2.46. The number of benzene rings is 1. The monoisotopic (exact) mass is 417 g/mol. The Bertz CT molecular complexity index is 914. The van der Waals surface area contributed by atoms with Crippen molar-refractivity contribution >= 4 is 5.91 Å². The smallest absolute Gasteiger partial charge is 0.248 e. The summed E-state index contributed by atoms with van der Waals surface area (Å²) < 4.78 is 28.7. The second kappa shape index (κ2) is 8.76. The summed E-state index contributed by atoms with van der Waals surface area (Å²) in [5.74, 6) is -1.17. The maximum Gasteiger partial charge on any atom is 0.248 e. The summed E-state index contributed by atoms with van der Waals surface area (Å²) in [4.78, 5) is 13.7. The molecular weight excluding hydrogens is 388 g/mol. The van der Waals surface area contributed by atoms with E-state index in [1.165, 1.54) is 18.2 Å². The van der Waals surface area contributed by atoms with Crippen molar-refractivity contribution in [2.75, 3.05) is 19.7 Å². The van der Waals surface area contributed by atoms with Crippen molar-refractivity contribution in [1.29, 1.82) is 0 Å². The first kappa shape index (κ1) is 22.3. The van der Waals surface area contributed by atoms with Gasteiger partial charge in [-0.2, -0.15) is 10.2 Å². The standard InChI is InChI=1S/C23H29F2N3O2/c1-5-28(20(30)12-29)13-23(4)10-9-15(14(2)3)16-11-19(26-27-22(16)23)21-17(24)7-6-8-18(21)25/h6-8,11,14-15,29H,5,9-10,12-13H2,1-4H3/t15-,23-/m1/s1. The summed E-state index contributed by atoms with van der Waals surface area (Å²) in [7, 11) is 0. The third kappa shape index (κ3) is 4.08. The average Bonchev–Trinajstić information content (AvgIpc) is 2.71. The Labute approximate surface area is 176 Å². The third-order valence-electron chi connectivity index (χ3n) is 6.23. The first-order valence-corrected chi connectivity index (χ1v) is 10.4. The van der Waals surface area contributed by atoms with E-state index in [-0.39, 0.29) is 23.1 Å². The minimum atomic E-state index is -0.672. The van der Waals surface area contributed by atoms with E-state index in [1.807, 2.05) is 13.8 Å². The molecule has 2 atom stereocenters. The van der Waals surface area contributed by atoms with Gasteiger partial charge in [0.1, 0.15) is 18.2 Å². The molecule has 0 aliphatic heterocycles. The average molecular weight is 418 g/mol. The van der Waals surface area contributed by atoms with Gasteiger partial charge in [-0.1, -0.05) is 26.8 Å². The fraction of sp³-hybridized carbons (Fsp3) is 0.522. The molecule has 1 aliphatic carbocycles. The van der Waals surface area contributed by atoms with E-state index in [1.54, 1.807) is 11.0 Å². The van der Waals surface area contributed by atoms with Crippen molar-refractivity contribution in [2.24, 2.45) is 5.92 Å². The molecule has 0 radical (unpaired) electrons. The highest BCUT2D eigenvalue weighted by Crippen LogP contribution is 2.46. The number of likely N-dealkylation sites (N-methyl/N-ethyl adjacent to an activating group) is 1. The van der Waals surface area contributed by atoms with Crippen molar-refractivity contribution in [3.63, 3.8) is 0 Å². The van der Waals surface area contributed by atoms with E-state index in [4.69, 9.17) is 0 Å². The van der Waals surface area contributed by atoms with Gasteiger partial charge in [0, 0.05) is 18.5 Å². The normalized spacial score (nSPS) is 20.9. The highest BCUT2D eigenvalue weighted by atomic mass is 19.1. The second-order valence-electron chi connectivity index (χ2n) is 8.65. The molecule has 0 saturated carbocycles. The topological polar surface area (TPSA) is 66.3 Å². The lowest BCUT2D eigenvalue weighted by Gasteiger charge is -2.42. The van der Waals surface area contributed by atoms with Gasteiger partial charge in [-0.25, -0.2) is 8.78 Å². The van der Waals surface area contributed by atoms with E-state index in [0.717, 1.165) is 24.1 Å². The maximum atomic E-state index is 14.3. The Morgan fingerprint density at radius 3 is 2.53 bits per heavy atom. The lowest BCUT2D eigenvalue weighted by molar-refractivity contribution is -0.135. The van der Waals surface area contributed by atoms with Crippen molar-refractivity contribution in [2.45, 2.75) is 51.9 Å². The third-order valence-corrected chi connectivity index (χ3v) is 6.23. The van der Waals surface area contributed by atoms with Crippen LogP contribution in [0.2, 0.25) is 0 Å². The van der Waals surface area contributed by atoms with Crippen LogP contribution in [0, 0.1) is 17.6 Å². The zero-order valence-corrected chi connectivity index (χ0v) is 18.0. The Hall–Kier alpha value is -2.41. The van der Waals surface area contributed by atoms with Crippen molar-refractivity contribution in [1.82, 2.24) is 15.1 Å². The number of carbonyl (C=O) groups excluding carboxylic acids is 1. The van der Waals surface area contributed by atoms with Gasteiger partial charge in [-0.15, -0.1) is 0 Å². The van der Waals surface area contributed by atoms with Gasteiger partial charge in [-0.05, 0) is 55.4 Å². The van der Waals surface area contributed by atoms with Crippen LogP contribution >= 0.6 is 0 Å².